The molecule has 0 heterocycles. The molecule has 0 saturated carbocycles. The summed E-state index contributed by atoms with van der Waals surface area (Å²) in [5, 5.41) is 0. The quantitative estimate of drug-likeness (QED) is 0.524. The molecule has 0 unspecified atom stereocenters. The van der Waals surface area contributed by atoms with Crippen LogP contribution in [0.15, 0.2) is 60.7 Å². The lowest BCUT2D eigenvalue weighted by atomic mass is 10.1. The number of hydrogen-bond donors (Lipinski definition) is 0. The molecule has 0 fully saturated rings. The molecule has 0 aromatic heterocycles. The number of benzene rings is 2. The predicted molar refractivity (Wildman–Crippen MR) is 76.6 cm³/mol. The lowest BCUT2D eigenvalue weighted by molar-refractivity contribution is 1.62. The Morgan fingerprint density at radius 1 is 0.562 bits per heavy atom. The largest absolute Gasteiger partial charge is 0.326 e. The van der Waals surface area contributed by atoms with Crippen LogP contribution in [-0.4, -0.2) is 6.73 Å². The summed E-state index contributed by atoms with van der Waals surface area (Å²) in [4.78, 5) is 0. The van der Waals surface area contributed by atoms with Crippen molar-refractivity contribution in [3.63, 3.8) is 0 Å². The molecule has 0 aliphatic rings. The highest BCUT2D eigenvalue weighted by Gasteiger charge is 1.91. The SMILES string of the molecule is Cl[SiH](Cl)Cl.c1ccc(-c2ccccc2)cc1. The van der Waals surface area contributed by atoms with Crippen LogP contribution in [0, 0.1) is 0 Å². The molecule has 0 radical (unpaired) electrons. The zero-order valence-corrected chi connectivity index (χ0v) is 11.9. The Balaban J connectivity index is 0.000000280. The van der Waals surface area contributed by atoms with Gasteiger partial charge in [-0.15, -0.1) is 33.2 Å². The maximum atomic E-state index is 4.94. The Bertz CT molecular complexity index is 349. The lowest BCUT2D eigenvalue weighted by Gasteiger charge is -1.98. The van der Waals surface area contributed by atoms with E-state index in [1.54, 1.807) is 0 Å². The summed E-state index contributed by atoms with van der Waals surface area (Å²) in [6, 6.07) is 20.8. The first-order chi connectivity index (χ1) is 7.70. The number of rotatable bonds is 1. The molecular weight excluding hydrogens is 279 g/mol. The monoisotopic (exact) mass is 288 g/mol. The van der Waals surface area contributed by atoms with E-state index in [-0.39, 0.29) is 0 Å². The smallest absolute Gasteiger partial charge is 0.130 e. The van der Waals surface area contributed by atoms with Gasteiger partial charge in [0.25, 0.3) is 0 Å². The summed E-state index contributed by atoms with van der Waals surface area (Å²) >= 11 is 14.8. The Labute approximate surface area is 111 Å². The van der Waals surface area contributed by atoms with Gasteiger partial charge in [-0.05, 0) is 11.1 Å². The molecule has 0 spiro atoms. The summed E-state index contributed by atoms with van der Waals surface area (Å²) in [6.45, 7) is -1.72. The predicted octanol–water partition coefficient (Wildman–Crippen LogP) is 4.77. The first-order valence-corrected chi connectivity index (χ1v) is 9.96. The van der Waals surface area contributed by atoms with Gasteiger partial charge in [-0.1, -0.05) is 60.7 Å². The molecule has 2 aromatic carbocycles. The van der Waals surface area contributed by atoms with Crippen LogP contribution in [0.2, 0.25) is 0 Å². The number of halogens is 3. The van der Waals surface area contributed by atoms with Crippen LogP contribution in [0.3, 0.4) is 0 Å². The van der Waals surface area contributed by atoms with Gasteiger partial charge < -0.3 is 0 Å². The third-order valence-electron chi connectivity index (χ3n) is 1.88. The Morgan fingerprint density at radius 2 is 0.812 bits per heavy atom. The molecule has 0 aliphatic carbocycles. The van der Waals surface area contributed by atoms with E-state index in [0.29, 0.717) is 0 Å². The standard InChI is InChI=1S/C12H10.Cl3HSi/c1-3-7-11(8-4-1)12-9-5-2-6-10-12;1-4(2)3/h1-10H;4H. The van der Waals surface area contributed by atoms with Crippen LogP contribution in [-0.2, 0) is 0 Å². The average Bonchev–Trinajstić information content (AvgIpc) is 2.31. The van der Waals surface area contributed by atoms with Gasteiger partial charge in [0.1, 0.15) is 0 Å². The van der Waals surface area contributed by atoms with Crippen LogP contribution in [0.1, 0.15) is 0 Å². The van der Waals surface area contributed by atoms with Gasteiger partial charge in [0.15, 0.2) is 0 Å². The van der Waals surface area contributed by atoms with Crippen molar-refractivity contribution < 1.29 is 0 Å². The fraction of sp³-hybridized carbons (Fsp3) is 0. The van der Waals surface area contributed by atoms with E-state index in [9.17, 15) is 0 Å². The van der Waals surface area contributed by atoms with E-state index in [2.05, 4.69) is 48.5 Å². The van der Waals surface area contributed by atoms with Crippen LogP contribution in [0.5, 0.6) is 0 Å². The highest BCUT2D eigenvalue weighted by Crippen LogP contribution is 2.17. The van der Waals surface area contributed by atoms with E-state index in [1.807, 2.05) is 12.1 Å². The first-order valence-electron chi connectivity index (χ1n) is 4.73. The van der Waals surface area contributed by atoms with E-state index >= 15 is 0 Å². The topological polar surface area (TPSA) is 0 Å². The summed E-state index contributed by atoms with van der Waals surface area (Å²) in [5.41, 5.74) is 2.55. The van der Waals surface area contributed by atoms with Crippen LogP contribution < -0.4 is 0 Å². The minimum absolute atomic E-state index is 1.28. The van der Waals surface area contributed by atoms with E-state index in [1.165, 1.54) is 11.1 Å². The van der Waals surface area contributed by atoms with Gasteiger partial charge in [0.2, 0.25) is 0 Å². The van der Waals surface area contributed by atoms with Crippen molar-refractivity contribution in [2.24, 2.45) is 0 Å². The molecule has 2 rings (SSSR count). The molecule has 0 nitrogen and oxygen atoms in total. The average molecular weight is 290 g/mol. The van der Waals surface area contributed by atoms with Crippen molar-refractivity contribution in [2.75, 3.05) is 0 Å². The molecular formula is C12H11Cl3Si. The minimum Gasteiger partial charge on any atom is -0.130 e. The van der Waals surface area contributed by atoms with E-state index < -0.39 is 6.73 Å². The molecule has 0 saturated heterocycles. The number of hydrogen-bond acceptors (Lipinski definition) is 0. The van der Waals surface area contributed by atoms with Gasteiger partial charge in [0.05, 0.1) is 0 Å². The van der Waals surface area contributed by atoms with Crippen LogP contribution in [0.25, 0.3) is 11.1 Å². The van der Waals surface area contributed by atoms with E-state index in [4.69, 9.17) is 33.2 Å². The molecule has 0 aliphatic heterocycles. The van der Waals surface area contributed by atoms with Crippen LogP contribution in [0.4, 0.5) is 0 Å². The van der Waals surface area contributed by atoms with Crippen molar-refractivity contribution in [3.05, 3.63) is 60.7 Å². The Morgan fingerprint density at radius 3 is 1.06 bits per heavy atom. The summed E-state index contributed by atoms with van der Waals surface area (Å²) in [7, 11) is 0. The van der Waals surface area contributed by atoms with Gasteiger partial charge in [-0.25, -0.2) is 0 Å². The summed E-state index contributed by atoms with van der Waals surface area (Å²) in [6.07, 6.45) is 0. The molecule has 16 heavy (non-hydrogen) atoms. The van der Waals surface area contributed by atoms with Gasteiger partial charge in [-0.3, -0.25) is 0 Å². The van der Waals surface area contributed by atoms with Crippen molar-refractivity contribution >= 4 is 40.0 Å². The van der Waals surface area contributed by atoms with Gasteiger partial charge in [-0.2, -0.15) is 0 Å². The van der Waals surface area contributed by atoms with E-state index in [0.717, 1.165) is 0 Å². The Hall–Kier alpha value is -0.473. The van der Waals surface area contributed by atoms with Crippen LogP contribution >= 0.6 is 33.2 Å². The molecule has 0 N–H and O–H groups in total. The molecule has 4 heteroatoms. The molecule has 0 bridgehead atoms. The summed E-state index contributed by atoms with van der Waals surface area (Å²) < 4.78 is 0. The minimum atomic E-state index is -1.72. The second kappa shape index (κ2) is 7.74. The van der Waals surface area contributed by atoms with Gasteiger partial charge in [0, 0.05) is 0 Å². The lowest BCUT2D eigenvalue weighted by Crippen LogP contribution is -1.73. The molecule has 0 atom stereocenters. The third-order valence-corrected chi connectivity index (χ3v) is 1.88. The second-order valence-corrected chi connectivity index (χ2v) is 9.41. The highest BCUT2D eigenvalue weighted by atomic mass is 35.8. The molecule has 2 aromatic rings. The zero-order chi connectivity index (χ0) is 11.8. The van der Waals surface area contributed by atoms with Crippen molar-refractivity contribution in [1.82, 2.24) is 0 Å². The van der Waals surface area contributed by atoms with Crippen molar-refractivity contribution in [2.45, 2.75) is 0 Å². The van der Waals surface area contributed by atoms with Crippen molar-refractivity contribution in [3.8, 4) is 11.1 Å². The maximum Gasteiger partial charge on any atom is 0.326 e. The molecule has 84 valence electrons. The summed E-state index contributed by atoms with van der Waals surface area (Å²) in [5.74, 6) is 0. The highest BCUT2D eigenvalue weighted by molar-refractivity contribution is 7.54. The fourth-order valence-electron chi connectivity index (χ4n) is 1.26. The fourth-order valence-corrected chi connectivity index (χ4v) is 1.26. The van der Waals surface area contributed by atoms with Crippen molar-refractivity contribution in [1.29, 1.82) is 0 Å². The van der Waals surface area contributed by atoms with Gasteiger partial charge >= 0.3 is 6.73 Å². The first kappa shape index (κ1) is 13.6. The Kier molecular flexibility index (Phi) is 6.58. The second-order valence-electron chi connectivity index (χ2n) is 2.98. The normalized spacial score (nSPS) is 9.50. The molecule has 0 amide bonds. The zero-order valence-electron chi connectivity index (χ0n) is 8.48. The maximum absolute atomic E-state index is 4.94. The third kappa shape index (κ3) is 5.57.